The zero-order valence-corrected chi connectivity index (χ0v) is 37.6. The molecule has 0 aromatic carbocycles. The summed E-state index contributed by atoms with van der Waals surface area (Å²) in [4.78, 5) is -0.715. The van der Waals surface area contributed by atoms with E-state index in [0.717, 1.165) is 0 Å². The molecule has 0 radical (unpaired) electrons. The van der Waals surface area contributed by atoms with Crippen LogP contribution in [0.3, 0.4) is 0 Å². The third kappa shape index (κ3) is 14.3. The van der Waals surface area contributed by atoms with Crippen LogP contribution in [-0.2, 0) is 27.1 Å². The van der Waals surface area contributed by atoms with Crippen molar-refractivity contribution < 1.29 is 212 Å². The predicted molar refractivity (Wildman–Crippen MR) is 166 cm³/mol. The molecule has 0 saturated carbocycles. The van der Waals surface area contributed by atoms with Crippen LogP contribution in [0.4, 0.5) is 184 Å². The predicted octanol–water partition coefficient (Wildman–Crippen LogP) is 14.1. The summed E-state index contributed by atoms with van der Waals surface area (Å²) in [5.74, 6) is -94.6. The fraction of sp³-hybridized carbons (Fsp3) is 1.00. The molecule has 3 N–H and O–H groups in total. The Balaban J connectivity index is 5.10. The number of nitrogens with one attached hydrogen (secondary N) is 3. The second-order valence-electron chi connectivity index (χ2n) is 14.6. The molecule has 1 aliphatic heterocycles. The van der Waals surface area contributed by atoms with Gasteiger partial charge in [-0.25, -0.2) is 0 Å². The van der Waals surface area contributed by atoms with Crippen molar-refractivity contribution in [3.63, 3.8) is 0 Å². The monoisotopic (exact) mass is 1330 g/mol. The van der Waals surface area contributed by atoms with Crippen molar-refractivity contribution in [3.8, 4) is 0 Å². The average molecular weight is 1340 g/mol. The molecule has 1 heterocycles. The van der Waals surface area contributed by atoms with Crippen LogP contribution in [0.15, 0.2) is 0 Å². The van der Waals surface area contributed by atoms with Gasteiger partial charge in [-0.3, -0.25) is 0 Å². The molecular formula is C24H18F42N3O6P3. The van der Waals surface area contributed by atoms with Crippen molar-refractivity contribution in [1.29, 1.82) is 0 Å². The van der Waals surface area contributed by atoms with Crippen molar-refractivity contribution >= 4 is 24.1 Å². The van der Waals surface area contributed by atoms with Crippen LogP contribution < -0.4 is 14.6 Å². The van der Waals surface area contributed by atoms with E-state index < -0.39 is 172 Å². The van der Waals surface area contributed by atoms with Crippen LogP contribution in [0.25, 0.3) is 0 Å². The fourth-order valence-corrected chi connectivity index (χ4v) is 17.9. The van der Waals surface area contributed by atoms with E-state index in [0.29, 0.717) is 0 Å². The van der Waals surface area contributed by atoms with Crippen LogP contribution in [0.5, 0.6) is 0 Å². The molecule has 0 amide bonds. The Morgan fingerprint density at radius 2 is 0.269 bits per heavy atom. The van der Waals surface area contributed by atoms with E-state index >= 15 is 0 Å². The Kier molecular flexibility index (Phi) is 20.2. The number of alkyl halides is 42. The maximum atomic E-state index is 14.6. The molecule has 78 heavy (non-hydrogen) atoms. The molecule has 474 valence electrons. The summed E-state index contributed by atoms with van der Waals surface area (Å²) in [6, 6.07) is 0. The minimum atomic E-state index is -9.08. The van der Waals surface area contributed by atoms with E-state index in [9.17, 15) is 184 Å². The van der Waals surface area contributed by atoms with E-state index in [-0.39, 0.29) is 14.6 Å². The number of hydrogen-bond acceptors (Lipinski definition) is 9. The maximum absolute atomic E-state index is 14.6. The summed E-state index contributed by atoms with van der Waals surface area (Å²) in [7, 11) is -27.2. The summed E-state index contributed by atoms with van der Waals surface area (Å²) in [6.45, 7) is -28.4. The first kappa shape index (κ1) is 74.0. The Labute approximate surface area is 399 Å². The minimum absolute atomic E-state index is 0.238. The van der Waals surface area contributed by atoms with Gasteiger partial charge in [-0.2, -0.15) is 0 Å². The molecule has 0 spiro atoms. The van der Waals surface area contributed by atoms with Crippen molar-refractivity contribution in [2.24, 2.45) is 0 Å². The van der Waals surface area contributed by atoms with Gasteiger partial charge in [0.2, 0.25) is 0 Å². The van der Waals surface area contributed by atoms with E-state index in [1.54, 1.807) is 0 Å². The molecule has 1 fully saturated rings. The molecule has 0 aromatic heterocycles. The molecule has 0 unspecified atom stereocenters. The SMILES string of the molecule is FC(F)(F)C(F)(F)C(F)(F)CO[PH]1(OCC(F)(F)C(F)(F)C(F)(F)F)N[PH](OCC(F)(F)C(F)(F)C(F)(F)F)(OCC(F)(F)C(F)(F)C(F)(F)F)N[PH](OCC(F)(F)C(F)(F)C(F)(F)F)(OCC(F)(F)C(F)(F)C(F)(F)F)N1. The molecule has 1 saturated heterocycles. The van der Waals surface area contributed by atoms with Gasteiger partial charge < -0.3 is 0 Å². The topological polar surface area (TPSA) is 91.5 Å². The quantitative estimate of drug-likeness (QED) is 0.0646. The standard InChI is InChI=1S/C24H18F42N3O6P3/c25-7(26,13(37,38)19(49,50)51)1-70-76(71-2-8(27,28)14(39,40)20(52,53)54)67-77(72-3-9(29,30)15(41,42)21(55,56)57,73-4-10(31,32)16(43,44)22(58,59)60)69-78(68-76,74-5-11(33,34)17(45,46)23(61,62)63)75-6-12(35,36)18(47,48)24(64,65)66/h67-69,76-78H,1-6H2. The molecule has 9 nitrogen and oxygen atoms in total. The molecular weight excluding hydrogens is 1320 g/mol. The summed E-state index contributed by atoms with van der Waals surface area (Å²) in [6.07, 6.45) is -47.8. The van der Waals surface area contributed by atoms with Crippen LogP contribution in [0.1, 0.15) is 0 Å². The molecule has 0 bridgehead atoms. The number of hydrogen-bond donors (Lipinski definition) is 3. The van der Waals surface area contributed by atoms with Gasteiger partial charge in [-0.05, 0) is 0 Å². The Morgan fingerprint density at radius 1 is 0.179 bits per heavy atom. The number of rotatable bonds is 24. The van der Waals surface area contributed by atoms with Crippen LogP contribution >= 0.6 is 24.1 Å². The van der Waals surface area contributed by atoms with Gasteiger partial charge in [0.15, 0.2) is 0 Å². The van der Waals surface area contributed by atoms with E-state index in [1.165, 1.54) is 0 Å². The van der Waals surface area contributed by atoms with Crippen molar-refractivity contribution in [3.05, 3.63) is 0 Å². The Morgan fingerprint density at radius 3 is 0.346 bits per heavy atom. The van der Waals surface area contributed by atoms with Crippen LogP contribution in [0.2, 0.25) is 0 Å². The van der Waals surface area contributed by atoms with E-state index in [1.807, 2.05) is 0 Å². The van der Waals surface area contributed by atoms with E-state index in [4.69, 9.17) is 0 Å². The van der Waals surface area contributed by atoms with Crippen molar-refractivity contribution in [1.82, 2.24) is 14.6 Å². The van der Waals surface area contributed by atoms with Gasteiger partial charge in [0.05, 0.1) is 0 Å². The van der Waals surface area contributed by atoms with Gasteiger partial charge in [0.1, 0.15) is 0 Å². The van der Waals surface area contributed by atoms with Crippen LogP contribution in [-0.4, -0.2) is 148 Å². The third-order valence-corrected chi connectivity index (χ3v) is 19.8. The molecule has 0 atom stereocenters. The molecule has 1 aliphatic rings. The number of halogens is 42. The third-order valence-electron chi connectivity index (χ3n) is 8.62. The Bertz CT molecular complexity index is 1670. The first-order chi connectivity index (χ1) is 33.4. The Hall–Kier alpha value is -2.01. The van der Waals surface area contributed by atoms with Crippen molar-refractivity contribution in [2.45, 2.75) is 108 Å². The van der Waals surface area contributed by atoms with Gasteiger partial charge in [0, 0.05) is 0 Å². The first-order valence-corrected chi connectivity index (χ1v) is 23.0. The second kappa shape index (κ2) is 21.3. The first-order valence-electron chi connectivity index (χ1n) is 17.5. The fourth-order valence-electron chi connectivity index (χ4n) is 4.24. The summed E-state index contributed by atoms with van der Waals surface area (Å²) in [5.41, 5.74) is 0. The van der Waals surface area contributed by atoms with Crippen LogP contribution in [0, 0.1) is 0 Å². The molecule has 0 aliphatic carbocycles. The zero-order valence-electron chi connectivity index (χ0n) is 34.6. The molecule has 1 rings (SSSR count). The van der Waals surface area contributed by atoms with Gasteiger partial charge in [-0.15, -0.1) is 0 Å². The molecule has 0 aromatic rings. The zero-order chi connectivity index (χ0) is 63.1. The summed E-state index contributed by atoms with van der Waals surface area (Å²) < 4.78 is 597. The summed E-state index contributed by atoms with van der Waals surface area (Å²) >= 11 is 0. The van der Waals surface area contributed by atoms with Gasteiger partial charge in [-0.1, -0.05) is 0 Å². The molecule has 54 heteroatoms. The summed E-state index contributed by atoms with van der Waals surface area (Å²) in [5, 5.41) is 0. The average Bonchev–Trinajstić information content (AvgIpc) is 3.19. The second-order valence-corrected chi connectivity index (χ2v) is 23.0. The van der Waals surface area contributed by atoms with Crippen molar-refractivity contribution in [2.75, 3.05) is 39.6 Å². The normalized spacial score (nSPS) is 20.4. The van der Waals surface area contributed by atoms with E-state index in [2.05, 4.69) is 27.1 Å². The van der Waals surface area contributed by atoms with Gasteiger partial charge in [0.25, 0.3) is 0 Å². The van der Waals surface area contributed by atoms with Gasteiger partial charge >= 0.3 is 398 Å².